The minimum atomic E-state index is 0.615. The van der Waals surface area contributed by atoms with Crippen LogP contribution in [0.4, 0.5) is 0 Å². The fourth-order valence-corrected chi connectivity index (χ4v) is 7.13. The second kappa shape index (κ2) is 11.4. The Balaban J connectivity index is 1.21. The van der Waals surface area contributed by atoms with Crippen LogP contribution in [0.15, 0.2) is 174 Å². The molecule has 0 fully saturated rings. The highest BCUT2D eigenvalue weighted by Crippen LogP contribution is 2.39. The smallest absolute Gasteiger partial charge is 0.164 e. The number of nitrogens with zero attached hydrogens (tertiary/aromatic N) is 4. The van der Waals surface area contributed by atoms with Crippen molar-refractivity contribution < 1.29 is 4.42 Å². The molecule has 3 heterocycles. The number of hydrogen-bond acceptors (Lipinski definition) is 4. The molecule has 0 aliphatic heterocycles. The van der Waals surface area contributed by atoms with E-state index in [9.17, 15) is 0 Å². The van der Waals surface area contributed by atoms with Crippen LogP contribution in [0.2, 0.25) is 0 Å². The molecule has 5 nitrogen and oxygen atoms in total. The lowest BCUT2D eigenvalue weighted by atomic mass is 10.0. The van der Waals surface area contributed by atoms with Crippen LogP contribution in [-0.4, -0.2) is 19.5 Å². The zero-order valence-electron chi connectivity index (χ0n) is 26.9. The van der Waals surface area contributed by atoms with Crippen LogP contribution < -0.4 is 0 Å². The van der Waals surface area contributed by atoms with Gasteiger partial charge in [-0.05, 0) is 47.5 Å². The summed E-state index contributed by atoms with van der Waals surface area (Å²) in [5.41, 5.74) is 10.0. The Kier molecular flexibility index (Phi) is 6.42. The van der Waals surface area contributed by atoms with Crippen molar-refractivity contribution in [3.63, 3.8) is 0 Å². The molecule has 50 heavy (non-hydrogen) atoms. The molecule has 5 heteroatoms. The van der Waals surface area contributed by atoms with Gasteiger partial charge in [-0.2, -0.15) is 0 Å². The van der Waals surface area contributed by atoms with Crippen LogP contribution in [0.3, 0.4) is 0 Å². The van der Waals surface area contributed by atoms with E-state index in [1.807, 2.05) is 54.6 Å². The standard InChI is InChI=1S/C45H28N4O/c1-3-13-29(14-4-1)31-17-11-18-32(27-31)44-46-43(30-15-5-2-6-16-30)47-45(48-44)33-25-26-35-34-19-7-9-21-37(34)49(39(35)28-33)38-22-12-24-41-42(38)36-20-8-10-23-40(36)50-41/h1-28H. The van der Waals surface area contributed by atoms with Crippen LogP contribution >= 0.6 is 0 Å². The molecule has 10 aromatic rings. The van der Waals surface area contributed by atoms with Gasteiger partial charge in [-0.25, -0.2) is 15.0 Å². The van der Waals surface area contributed by atoms with E-state index in [0.29, 0.717) is 17.5 Å². The number of aromatic nitrogens is 4. The van der Waals surface area contributed by atoms with E-state index in [1.54, 1.807) is 0 Å². The second-order valence-electron chi connectivity index (χ2n) is 12.5. The van der Waals surface area contributed by atoms with Crippen LogP contribution in [0, 0.1) is 0 Å². The van der Waals surface area contributed by atoms with Gasteiger partial charge < -0.3 is 8.98 Å². The monoisotopic (exact) mass is 640 g/mol. The summed E-state index contributed by atoms with van der Waals surface area (Å²) in [6.45, 7) is 0. The Morgan fingerprint density at radius 1 is 0.360 bits per heavy atom. The molecule has 0 saturated carbocycles. The summed E-state index contributed by atoms with van der Waals surface area (Å²) in [5, 5.41) is 4.51. The molecular weight excluding hydrogens is 613 g/mol. The maximum Gasteiger partial charge on any atom is 0.164 e. The lowest BCUT2D eigenvalue weighted by molar-refractivity contribution is 0.669. The largest absolute Gasteiger partial charge is 0.456 e. The van der Waals surface area contributed by atoms with Crippen molar-refractivity contribution in [1.29, 1.82) is 0 Å². The summed E-state index contributed by atoms with van der Waals surface area (Å²) in [5.74, 6) is 1.87. The van der Waals surface area contributed by atoms with E-state index in [-0.39, 0.29) is 0 Å². The molecule has 10 rings (SSSR count). The number of fused-ring (bicyclic) bond motifs is 6. The summed E-state index contributed by atoms with van der Waals surface area (Å²) in [7, 11) is 0. The number of rotatable bonds is 5. The zero-order valence-corrected chi connectivity index (χ0v) is 26.9. The van der Waals surface area contributed by atoms with Crippen molar-refractivity contribution in [3.8, 4) is 51.0 Å². The molecule has 0 spiro atoms. The average molecular weight is 641 g/mol. The van der Waals surface area contributed by atoms with Crippen molar-refractivity contribution in [1.82, 2.24) is 19.5 Å². The summed E-state index contributed by atoms with van der Waals surface area (Å²) >= 11 is 0. The van der Waals surface area contributed by atoms with Gasteiger partial charge in [0.15, 0.2) is 17.5 Å². The van der Waals surface area contributed by atoms with Crippen molar-refractivity contribution in [2.45, 2.75) is 0 Å². The molecule has 0 aliphatic rings. The van der Waals surface area contributed by atoms with Crippen molar-refractivity contribution in [3.05, 3.63) is 170 Å². The molecule has 234 valence electrons. The van der Waals surface area contributed by atoms with Gasteiger partial charge in [0.1, 0.15) is 11.2 Å². The van der Waals surface area contributed by atoms with Crippen LogP contribution in [0.5, 0.6) is 0 Å². The first-order chi connectivity index (χ1) is 24.8. The summed E-state index contributed by atoms with van der Waals surface area (Å²) in [6, 6.07) is 58.5. The number of para-hydroxylation sites is 2. The van der Waals surface area contributed by atoms with Crippen molar-refractivity contribution in [2.24, 2.45) is 0 Å². The summed E-state index contributed by atoms with van der Waals surface area (Å²) < 4.78 is 8.66. The quantitative estimate of drug-likeness (QED) is 0.188. The lowest BCUT2D eigenvalue weighted by Crippen LogP contribution is -2.00. The highest BCUT2D eigenvalue weighted by Gasteiger charge is 2.19. The Bertz CT molecular complexity index is 2870. The van der Waals surface area contributed by atoms with Crippen LogP contribution in [-0.2, 0) is 0 Å². The molecule has 0 atom stereocenters. The van der Waals surface area contributed by atoms with E-state index >= 15 is 0 Å². The minimum Gasteiger partial charge on any atom is -0.456 e. The molecule has 0 saturated heterocycles. The molecule has 0 aliphatic carbocycles. The van der Waals surface area contributed by atoms with Gasteiger partial charge in [-0.1, -0.05) is 133 Å². The Hall–Kier alpha value is -6.85. The fraction of sp³-hybridized carbons (Fsp3) is 0. The summed E-state index contributed by atoms with van der Waals surface area (Å²) in [6.07, 6.45) is 0. The average Bonchev–Trinajstić information content (AvgIpc) is 3.74. The maximum absolute atomic E-state index is 6.32. The zero-order chi connectivity index (χ0) is 33.0. The van der Waals surface area contributed by atoms with E-state index in [4.69, 9.17) is 19.4 Å². The van der Waals surface area contributed by atoms with Gasteiger partial charge in [0.25, 0.3) is 0 Å². The third kappa shape index (κ3) is 4.60. The molecule has 0 N–H and O–H groups in total. The first-order valence-electron chi connectivity index (χ1n) is 16.7. The highest BCUT2D eigenvalue weighted by atomic mass is 16.3. The first kappa shape index (κ1) is 28.2. The Morgan fingerprint density at radius 3 is 1.72 bits per heavy atom. The van der Waals surface area contributed by atoms with Crippen molar-refractivity contribution >= 4 is 43.7 Å². The number of furan rings is 1. The third-order valence-corrected chi connectivity index (χ3v) is 9.45. The first-order valence-corrected chi connectivity index (χ1v) is 16.7. The second-order valence-corrected chi connectivity index (χ2v) is 12.5. The van der Waals surface area contributed by atoms with Crippen LogP contribution in [0.25, 0.3) is 94.7 Å². The van der Waals surface area contributed by atoms with Gasteiger partial charge in [0, 0.05) is 32.8 Å². The summed E-state index contributed by atoms with van der Waals surface area (Å²) in [4.78, 5) is 15.2. The predicted molar refractivity (Wildman–Crippen MR) is 203 cm³/mol. The molecule has 0 amide bonds. The maximum atomic E-state index is 6.32. The topological polar surface area (TPSA) is 56.7 Å². The highest BCUT2D eigenvalue weighted by molar-refractivity contribution is 6.14. The number of benzene rings is 7. The fourth-order valence-electron chi connectivity index (χ4n) is 7.13. The van der Waals surface area contributed by atoms with Crippen LogP contribution in [0.1, 0.15) is 0 Å². The van der Waals surface area contributed by atoms with Gasteiger partial charge >= 0.3 is 0 Å². The molecule has 7 aromatic carbocycles. The van der Waals surface area contributed by atoms with Crippen molar-refractivity contribution in [2.75, 3.05) is 0 Å². The van der Waals surface area contributed by atoms with E-state index in [1.165, 1.54) is 5.39 Å². The Morgan fingerprint density at radius 2 is 0.920 bits per heavy atom. The SMILES string of the molecule is c1ccc(-c2cccc(-c3nc(-c4ccccc4)nc(-c4ccc5c6ccccc6n(-c6cccc7oc8ccccc8c67)c5c4)n3)c2)cc1. The third-order valence-electron chi connectivity index (χ3n) is 9.45. The van der Waals surface area contributed by atoms with E-state index < -0.39 is 0 Å². The van der Waals surface area contributed by atoms with Gasteiger partial charge in [-0.3, -0.25) is 0 Å². The molecule has 0 radical (unpaired) electrons. The van der Waals surface area contributed by atoms with Gasteiger partial charge in [-0.15, -0.1) is 0 Å². The molecule has 0 bridgehead atoms. The Labute approximate surface area is 287 Å². The van der Waals surface area contributed by atoms with Gasteiger partial charge in [0.05, 0.1) is 22.1 Å². The van der Waals surface area contributed by atoms with E-state index in [0.717, 1.165) is 71.9 Å². The normalized spacial score (nSPS) is 11.6. The molecular formula is C45H28N4O. The molecule has 0 unspecified atom stereocenters. The van der Waals surface area contributed by atoms with Gasteiger partial charge in [0.2, 0.25) is 0 Å². The minimum absolute atomic E-state index is 0.615. The predicted octanol–water partition coefficient (Wildman–Crippen LogP) is 11.5. The lowest BCUT2D eigenvalue weighted by Gasteiger charge is -2.12. The molecule has 3 aromatic heterocycles. The van der Waals surface area contributed by atoms with E-state index in [2.05, 4.69) is 120 Å². The number of hydrogen-bond donors (Lipinski definition) is 0.